The maximum atomic E-state index is 14.3. The highest BCUT2D eigenvalue weighted by atomic mass is 35.5. The summed E-state index contributed by atoms with van der Waals surface area (Å²) in [4.78, 5) is 32.2. The molecule has 1 N–H and O–H groups in total. The first kappa shape index (κ1) is 35.2. The molecule has 0 atom stereocenters. The molecule has 1 amide bonds. The lowest BCUT2D eigenvalue weighted by Gasteiger charge is -2.25. The number of hydrogen-bond acceptors (Lipinski definition) is 6. The average Bonchev–Trinajstić information content (AvgIpc) is 3.43. The van der Waals surface area contributed by atoms with Gasteiger partial charge < -0.3 is 10.1 Å². The van der Waals surface area contributed by atoms with E-state index in [2.05, 4.69) is 5.32 Å². The summed E-state index contributed by atoms with van der Waals surface area (Å²) in [6.07, 6.45) is 0. The van der Waals surface area contributed by atoms with Crippen LogP contribution in [0.25, 0.3) is 11.2 Å². The number of rotatable bonds is 12. The van der Waals surface area contributed by atoms with Crippen LogP contribution >= 0.6 is 11.6 Å². The maximum absolute atomic E-state index is 14.3. The Bertz CT molecular complexity index is 2560. The number of anilines is 2. The Hall–Kier alpha value is -6.17. The van der Waals surface area contributed by atoms with Crippen LogP contribution in [-0.2, 0) is 29.7 Å². The molecule has 7 rings (SSSR count). The number of amides is 1. The van der Waals surface area contributed by atoms with Crippen molar-refractivity contribution in [2.45, 2.75) is 24.5 Å². The van der Waals surface area contributed by atoms with Crippen LogP contribution in [-0.4, -0.2) is 35.6 Å². The highest BCUT2D eigenvalue weighted by Crippen LogP contribution is 2.30. The molecule has 0 radical (unpaired) electrons. The van der Waals surface area contributed by atoms with Crippen molar-refractivity contribution in [2.75, 3.05) is 16.7 Å². The number of sulfonamides is 1. The third-order valence-electron chi connectivity index (χ3n) is 8.77. The van der Waals surface area contributed by atoms with Gasteiger partial charge in [0, 0.05) is 0 Å². The van der Waals surface area contributed by atoms with Crippen molar-refractivity contribution in [2.24, 2.45) is 0 Å². The lowest BCUT2D eigenvalue weighted by atomic mass is 10.2. The molecular weight excluding hydrogens is 710 g/mol. The Morgan fingerprint density at radius 1 is 0.755 bits per heavy atom. The van der Waals surface area contributed by atoms with E-state index in [1.807, 2.05) is 91.0 Å². The van der Waals surface area contributed by atoms with E-state index in [-0.39, 0.29) is 40.1 Å². The summed E-state index contributed by atoms with van der Waals surface area (Å²) in [5.41, 5.74) is 3.70. The second-order valence-corrected chi connectivity index (χ2v) is 14.5. The Balaban J connectivity index is 1.22. The second-order valence-electron chi connectivity index (χ2n) is 12.3. The number of halogens is 1. The van der Waals surface area contributed by atoms with Crippen molar-refractivity contribution < 1.29 is 17.9 Å². The van der Waals surface area contributed by atoms with Crippen LogP contribution < -0.4 is 20.0 Å². The zero-order valence-corrected chi connectivity index (χ0v) is 30.2. The van der Waals surface area contributed by atoms with Crippen LogP contribution in [0.4, 0.5) is 11.5 Å². The van der Waals surface area contributed by atoms with Gasteiger partial charge in [-0.3, -0.25) is 18.2 Å². The molecule has 0 saturated carbocycles. The van der Waals surface area contributed by atoms with Gasteiger partial charge in [-0.2, -0.15) is 0 Å². The SMILES string of the molecule is COc1ccc(N(Cc2ccccc2)S(=O)(=O)c2ccc(Cl)c(C(=O)Nc3ccc4c(n3)n(Cc3ccccc3)c(=O)n4Cc3ccccc3)c2)cc1. The molecule has 0 spiro atoms. The normalized spacial score (nSPS) is 11.4. The van der Waals surface area contributed by atoms with Gasteiger partial charge in [-0.25, -0.2) is 18.2 Å². The fourth-order valence-electron chi connectivity index (χ4n) is 6.05. The number of nitrogens with one attached hydrogen (secondary N) is 1. The van der Waals surface area contributed by atoms with Gasteiger partial charge in [0.1, 0.15) is 11.6 Å². The highest BCUT2D eigenvalue weighted by molar-refractivity contribution is 7.92. The molecule has 5 aromatic carbocycles. The number of methoxy groups -OCH3 is 1. The summed E-state index contributed by atoms with van der Waals surface area (Å²) < 4.78 is 38.4. The first-order valence-electron chi connectivity index (χ1n) is 16.7. The van der Waals surface area contributed by atoms with Crippen molar-refractivity contribution >= 4 is 50.2 Å². The topological polar surface area (TPSA) is 116 Å². The third-order valence-corrected chi connectivity index (χ3v) is 10.9. The number of imidazole rings is 1. The molecular formula is C41H34ClN5O5S. The lowest BCUT2D eigenvalue weighted by molar-refractivity contribution is 0.102. The monoisotopic (exact) mass is 743 g/mol. The number of ether oxygens (including phenoxy) is 1. The maximum Gasteiger partial charge on any atom is 0.330 e. The van der Waals surface area contributed by atoms with E-state index >= 15 is 0 Å². The molecule has 0 unspecified atom stereocenters. The second kappa shape index (κ2) is 15.2. The Kier molecular flexibility index (Phi) is 10.1. The molecule has 12 heteroatoms. The van der Waals surface area contributed by atoms with Crippen LogP contribution in [0.3, 0.4) is 0 Å². The van der Waals surface area contributed by atoms with E-state index in [4.69, 9.17) is 21.3 Å². The van der Waals surface area contributed by atoms with Crippen LogP contribution in [0.15, 0.2) is 155 Å². The van der Waals surface area contributed by atoms with Crippen LogP contribution in [0.1, 0.15) is 27.0 Å². The largest absolute Gasteiger partial charge is 0.497 e. The smallest absolute Gasteiger partial charge is 0.330 e. The predicted molar refractivity (Wildman–Crippen MR) is 207 cm³/mol. The van der Waals surface area contributed by atoms with Gasteiger partial charge >= 0.3 is 5.69 Å². The molecule has 10 nitrogen and oxygen atoms in total. The van der Waals surface area contributed by atoms with Crippen LogP contribution in [0.2, 0.25) is 5.02 Å². The molecule has 0 aliphatic heterocycles. The molecule has 0 bridgehead atoms. The minimum Gasteiger partial charge on any atom is -0.497 e. The third kappa shape index (κ3) is 7.57. The van der Waals surface area contributed by atoms with Crippen molar-refractivity contribution in [3.05, 3.63) is 183 Å². The Morgan fingerprint density at radius 2 is 1.34 bits per heavy atom. The molecule has 7 aromatic rings. The fraction of sp³-hybridized carbons (Fsp3) is 0.0976. The van der Waals surface area contributed by atoms with E-state index in [0.717, 1.165) is 16.7 Å². The first-order chi connectivity index (χ1) is 25.7. The summed E-state index contributed by atoms with van der Waals surface area (Å²) in [6.45, 7) is 0.639. The lowest BCUT2D eigenvalue weighted by Crippen LogP contribution is -2.31. The van der Waals surface area contributed by atoms with Gasteiger partial charge in [-0.1, -0.05) is 103 Å². The number of aromatic nitrogens is 3. The minimum absolute atomic E-state index is 0.0399. The highest BCUT2D eigenvalue weighted by Gasteiger charge is 2.28. The number of fused-ring (bicyclic) bond motifs is 1. The molecule has 0 aliphatic carbocycles. The van der Waals surface area contributed by atoms with Crippen molar-refractivity contribution in [3.8, 4) is 5.75 Å². The number of hydrogen-bond donors (Lipinski definition) is 1. The van der Waals surface area contributed by atoms with E-state index in [9.17, 15) is 18.0 Å². The minimum atomic E-state index is -4.21. The van der Waals surface area contributed by atoms with Gasteiger partial charge in [0.2, 0.25) is 0 Å². The van der Waals surface area contributed by atoms with E-state index in [0.29, 0.717) is 29.1 Å². The van der Waals surface area contributed by atoms with Gasteiger partial charge in [0.05, 0.1) is 53.4 Å². The van der Waals surface area contributed by atoms with Gasteiger partial charge in [0.15, 0.2) is 5.65 Å². The standard InChI is InChI=1S/C41H34ClN5O5S/c1-52-33-19-17-32(18-20-33)47(28-31-15-9-4-10-16-31)53(50,51)34-21-22-36(42)35(25-34)40(48)44-38-24-23-37-39(43-38)46(27-30-13-7-3-8-14-30)41(49)45(37)26-29-11-5-2-6-12-29/h2-25H,26-28H2,1H3,(H,43,44,48). The molecule has 2 heterocycles. The van der Waals surface area contributed by atoms with Crippen LogP contribution in [0, 0.1) is 0 Å². The molecule has 2 aromatic heterocycles. The van der Waals surface area contributed by atoms with Crippen molar-refractivity contribution in [1.29, 1.82) is 0 Å². The number of pyridine rings is 1. The quantitative estimate of drug-likeness (QED) is 0.138. The Labute approximate surface area is 311 Å². The number of benzene rings is 5. The zero-order valence-electron chi connectivity index (χ0n) is 28.6. The van der Waals surface area contributed by atoms with E-state index in [1.54, 1.807) is 45.5 Å². The summed E-state index contributed by atoms with van der Waals surface area (Å²) in [5, 5.41) is 2.82. The van der Waals surface area contributed by atoms with E-state index < -0.39 is 15.9 Å². The summed E-state index contributed by atoms with van der Waals surface area (Å²) in [7, 11) is -2.68. The zero-order chi connectivity index (χ0) is 37.0. The van der Waals surface area contributed by atoms with Crippen LogP contribution in [0.5, 0.6) is 5.75 Å². The molecule has 53 heavy (non-hydrogen) atoms. The Morgan fingerprint density at radius 3 is 1.94 bits per heavy atom. The van der Waals surface area contributed by atoms with Gasteiger partial charge in [-0.05, 0) is 71.3 Å². The molecule has 0 fully saturated rings. The van der Waals surface area contributed by atoms with E-state index in [1.165, 1.54) is 29.6 Å². The van der Waals surface area contributed by atoms with Crippen molar-refractivity contribution in [3.63, 3.8) is 0 Å². The molecule has 0 aliphatic rings. The summed E-state index contributed by atoms with van der Waals surface area (Å²) >= 11 is 6.53. The summed E-state index contributed by atoms with van der Waals surface area (Å²) in [5.74, 6) is 0.0703. The fourth-order valence-corrected chi connectivity index (χ4v) is 7.73. The summed E-state index contributed by atoms with van der Waals surface area (Å²) in [6, 6.07) is 42.5. The molecule has 0 saturated heterocycles. The molecule has 266 valence electrons. The number of nitrogens with zero attached hydrogens (tertiary/aromatic N) is 4. The van der Waals surface area contributed by atoms with Gasteiger partial charge in [-0.15, -0.1) is 0 Å². The number of carbonyl (C=O) groups excluding carboxylic acids is 1. The van der Waals surface area contributed by atoms with Gasteiger partial charge in [0.25, 0.3) is 15.9 Å². The average molecular weight is 744 g/mol. The first-order valence-corrected chi connectivity index (χ1v) is 18.5. The number of carbonyl (C=O) groups is 1. The predicted octanol–water partition coefficient (Wildman–Crippen LogP) is 7.60. The van der Waals surface area contributed by atoms with Crippen molar-refractivity contribution in [1.82, 2.24) is 14.1 Å².